The van der Waals surface area contributed by atoms with Crippen LogP contribution in [0.5, 0.6) is 11.5 Å². The zero-order valence-corrected chi connectivity index (χ0v) is 14.0. The minimum absolute atomic E-state index is 0.0458. The van der Waals surface area contributed by atoms with Crippen molar-refractivity contribution in [2.75, 3.05) is 6.61 Å². The zero-order chi connectivity index (χ0) is 17.2. The molecule has 1 N–H and O–H groups in total. The summed E-state index contributed by atoms with van der Waals surface area (Å²) in [6.45, 7) is 10.8. The molecule has 0 aliphatic carbocycles. The Morgan fingerprint density at radius 1 is 1.30 bits per heavy atom. The topological polar surface area (TPSA) is 47.9 Å². The van der Waals surface area contributed by atoms with Gasteiger partial charge in [0.15, 0.2) is 0 Å². The van der Waals surface area contributed by atoms with Gasteiger partial charge in [0.05, 0.1) is 6.61 Å². The number of halogens is 1. The van der Waals surface area contributed by atoms with Gasteiger partial charge in [-0.25, -0.2) is 0 Å². The summed E-state index contributed by atoms with van der Waals surface area (Å²) in [6, 6.07) is 6.91. The fourth-order valence-corrected chi connectivity index (χ4v) is 1.61. The van der Waals surface area contributed by atoms with Crippen molar-refractivity contribution in [3.05, 3.63) is 72.4 Å². The van der Waals surface area contributed by atoms with Crippen molar-refractivity contribution in [3.8, 4) is 11.5 Å². The quantitative estimate of drug-likeness (QED) is 0.532. The first-order valence-corrected chi connectivity index (χ1v) is 7.44. The molecule has 23 heavy (non-hydrogen) atoms. The summed E-state index contributed by atoms with van der Waals surface area (Å²) in [5.74, 6) is 1.80. The van der Waals surface area contributed by atoms with Gasteiger partial charge in [0.1, 0.15) is 23.4 Å². The molecule has 0 spiro atoms. The molecule has 1 aromatic carbocycles. The van der Waals surface area contributed by atoms with Crippen molar-refractivity contribution in [3.63, 3.8) is 0 Å². The van der Waals surface area contributed by atoms with E-state index in [4.69, 9.17) is 30.9 Å². The second-order valence-electron chi connectivity index (χ2n) is 4.58. The van der Waals surface area contributed by atoms with E-state index in [1.54, 1.807) is 50.3 Å². The van der Waals surface area contributed by atoms with E-state index >= 15 is 0 Å². The lowest BCUT2D eigenvalue weighted by Crippen LogP contribution is -2.15. The van der Waals surface area contributed by atoms with Crippen LogP contribution in [-0.2, 0) is 4.74 Å². The summed E-state index contributed by atoms with van der Waals surface area (Å²) >= 11 is 5.87. The number of aliphatic hydroxyl groups excluding tert-OH is 1. The standard InChI is InChI=1S/C18H21ClO4/c1-5-15(19)11-16(6-2)22-14(4)23-18-9-7-17(8-10-18)21-13(3)12-20/h5-11,13,20H,1,4,12H2,2-3H3. The number of hydrogen-bond donors (Lipinski definition) is 1. The summed E-state index contributed by atoms with van der Waals surface area (Å²) in [7, 11) is 0. The molecular formula is C18H21ClO4. The molecule has 124 valence electrons. The Balaban J connectivity index is 2.62. The van der Waals surface area contributed by atoms with Crippen LogP contribution in [0.1, 0.15) is 13.8 Å². The summed E-state index contributed by atoms with van der Waals surface area (Å²) < 4.78 is 16.4. The molecule has 0 radical (unpaired) electrons. The second kappa shape index (κ2) is 9.77. The van der Waals surface area contributed by atoms with Gasteiger partial charge in [-0.15, -0.1) is 0 Å². The van der Waals surface area contributed by atoms with Gasteiger partial charge >= 0.3 is 0 Å². The monoisotopic (exact) mass is 336 g/mol. The first-order chi connectivity index (χ1) is 11.0. The van der Waals surface area contributed by atoms with Crippen LogP contribution in [0.15, 0.2) is 72.4 Å². The molecule has 0 aliphatic heterocycles. The highest BCUT2D eigenvalue weighted by molar-refractivity contribution is 6.31. The van der Waals surface area contributed by atoms with Gasteiger partial charge in [-0.1, -0.05) is 24.3 Å². The smallest absolute Gasteiger partial charge is 0.282 e. The minimum atomic E-state index is -0.265. The number of ether oxygens (including phenoxy) is 3. The van der Waals surface area contributed by atoms with Crippen molar-refractivity contribution < 1.29 is 19.3 Å². The lowest BCUT2D eigenvalue weighted by atomic mass is 10.3. The zero-order valence-electron chi connectivity index (χ0n) is 13.3. The molecule has 1 atom stereocenters. The molecule has 0 saturated carbocycles. The van der Waals surface area contributed by atoms with E-state index < -0.39 is 0 Å². The summed E-state index contributed by atoms with van der Waals surface area (Å²) in [6.07, 6.45) is 4.58. The first-order valence-electron chi connectivity index (χ1n) is 7.06. The van der Waals surface area contributed by atoms with Crippen LogP contribution in [0.4, 0.5) is 0 Å². The van der Waals surface area contributed by atoms with Gasteiger partial charge in [0.25, 0.3) is 5.95 Å². The van der Waals surface area contributed by atoms with E-state index in [9.17, 15) is 0 Å². The van der Waals surface area contributed by atoms with E-state index in [0.717, 1.165) is 0 Å². The molecule has 0 amide bonds. The van der Waals surface area contributed by atoms with E-state index in [0.29, 0.717) is 22.3 Å². The largest absolute Gasteiger partial charge is 0.488 e. The highest BCUT2D eigenvalue weighted by atomic mass is 35.5. The van der Waals surface area contributed by atoms with Gasteiger partial charge in [0, 0.05) is 5.03 Å². The Morgan fingerprint density at radius 3 is 2.43 bits per heavy atom. The third kappa shape index (κ3) is 7.08. The maximum atomic E-state index is 8.95. The Morgan fingerprint density at radius 2 is 1.91 bits per heavy atom. The van der Waals surface area contributed by atoms with Crippen molar-refractivity contribution in [1.29, 1.82) is 0 Å². The lowest BCUT2D eigenvalue weighted by molar-refractivity contribution is 0.129. The van der Waals surface area contributed by atoms with Crippen LogP contribution in [0, 0.1) is 0 Å². The molecule has 5 heteroatoms. The second-order valence-corrected chi connectivity index (χ2v) is 5.02. The fourth-order valence-electron chi connectivity index (χ4n) is 1.51. The van der Waals surface area contributed by atoms with Crippen molar-refractivity contribution in [1.82, 2.24) is 0 Å². The Hall–Kier alpha value is -2.17. The SMILES string of the molecule is C=CC(Cl)=CC(=CC)OC(=C)Oc1ccc(OC(C)CO)cc1. The minimum Gasteiger partial charge on any atom is -0.488 e. The number of hydrogen-bond acceptors (Lipinski definition) is 4. The average molecular weight is 337 g/mol. The molecule has 0 bridgehead atoms. The van der Waals surface area contributed by atoms with Crippen LogP contribution in [-0.4, -0.2) is 17.8 Å². The van der Waals surface area contributed by atoms with E-state index in [2.05, 4.69) is 13.2 Å². The van der Waals surface area contributed by atoms with Crippen LogP contribution in [0.3, 0.4) is 0 Å². The van der Waals surface area contributed by atoms with Crippen molar-refractivity contribution >= 4 is 11.6 Å². The van der Waals surface area contributed by atoms with Crippen LogP contribution < -0.4 is 9.47 Å². The Bertz CT molecular complexity index is 588. The van der Waals surface area contributed by atoms with Crippen molar-refractivity contribution in [2.24, 2.45) is 0 Å². The molecule has 4 nitrogen and oxygen atoms in total. The molecule has 1 unspecified atom stereocenters. The fraction of sp³-hybridized carbons (Fsp3) is 0.222. The van der Waals surface area contributed by atoms with Crippen LogP contribution >= 0.6 is 11.6 Å². The summed E-state index contributed by atoms with van der Waals surface area (Å²) in [5.41, 5.74) is 0. The lowest BCUT2D eigenvalue weighted by Gasteiger charge is -2.13. The summed E-state index contributed by atoms with van der Waals surface area (Å²) in [5, 5.41) is 9.40. The van der Waals surface area contributed by atoms with Gasteiger partial charge in [-0.3, -0.25) is 0 Å². The number of benzene rings is 1. The Kier molecular flexibility index (Phi) is 8.02. The predicted octanol–water partition coefficient (Wildman–Crippen LogP) is 4.53. The van der Waals surface area contributed by atoms with Gasteiger partial charge in [-0.2, -0.15) is 0 Å². The number of rotatable bonds is 9. The molecule has 0 heterocycles. The van der Waals surface area contributed by atoms with Gasteiger partial charge < -0.3 is 19.3 Å². The molecular weight excluding hydrogens is 316 g/mol. The third-order valence-corrected chi connectivity index (χ3v) is 2.90. The number of aliphatic hydroxyl groups is 1. The third-order valence-electron chi connectivity index (χ3n) is 2.64. The highest BCUT2D eigenvalue weighted by Crippen LogP contribution is 2.21. The average Bonchev–Trinajstić information content (AvgIpc) is 2.55. The van der Waals surface area contributed by atoms with Gasteiger partial charge in [0.2, 0.25) is 0 Å². The highest BCUT2D eigenvalue weighted by Gasteiger charge is 2.05. The predicted molar refractivity (Wildman–Crippen MR) is 92.4 cm³/mol. The maximum Gasteiger partial charge on any atom is 0.282 e. The normalized spacial score (nSPS) is 13.2. The molecule has 0 aliphatic rings. The summed E-state index contributed by atoms with van der Waals surface area (Å²) in [4.78, 5) is 0. The Labute approximate surface area is 141 Å². The molecule has 0 fully saturated rings. The van der Waals surface area contributed by atoms with E-state index in [-0.39, 0.29) is 18.7 Å². The molecule has 0 aromatic heterocycles. The first kappa shape index (κ1) is 18.9. The van der Waals surface area contributed by atoms with Crippen LogP contribution in [0.2, 0.25) is 0 Å². The van der Waals surface area contributed by atoms with Gasteiger partial charge in [-0.05, 0) is 56.8 Å². The van der Waals surface area contributed by atoms with E-state index in [1.807, 2.05) is 0 Å². The number of allylic oxidation sites excluding steroid dienone is 4. The molecule has 1 rings (SSSR count). The molecule has 0 saturated heterocycles. The van der Waals surface area contributed by atoms with E-state index in [1.165, 1.54) is 6.08 Å². The maximum absolute atomic E-state index is 8.95. The van der Waals surface area contributed by atoms with Crippen LogP contribution in [0.25, 0.3) is 0 Å². The van der Waals surface area contributed by atoms with Crippen molar-refractivity contribution in [2.45, 2.75) is 20.0 Å². The molecule has 1 aromatic rings.